The topological polar surface area (TPSA) is 47.3 Å². The van der Waals surface area contributed by atoms with Crippen LogP contribution in [0.4, 0.5) is 15.8 Å². The molecule has 1 aromatic rings. The molecule has 3 N–H and O–H groups in total. The Labute approximate surface area is 120 Å². The first kappa shape index (κ1) is 14.9. The van der Waals surface area contributed by atoms with E-state index >= 15 is 0 Å². The van der Waals surface area contributed by atoms with Gasteiger partial charge in [-0.3, -0.25) is 0 Å². The summed E-state index contributed by atoms with van der Waals surface area (Å²) in [5, 5.41) is 3.42. The van der Waals surface area contributed by atoms with Crippen LogP contribution in [0.3, 0.4) is 0 Å². The average Bonchev–Trinajstić information content (AvgIpc) is 2.94. The fourth-order valence-corrected chi connectivity index (χ4v) is 2.84. The van der Waals surface area contributed by atoms with Crippen LogP contribution in [0.5, 0.6) is 5.75 Å². The highest BCUT2D eigenvalue weighted by atomic mass is 19.1. The van der Waals surface area contributed by atoms with Crippen LogP contribution in [-0.2, 0) is 0 Å². The van der Waals surface area contributed by atoms with Crippen LogP contribution in [0, 0.1) is 11.7 Å². The van der Waals surface area contributed by atoms with Gasteiger partial charge in [0.05, 0.1) is 18.0 Å². The molecule has 4 heteroatoms. The van der Waals surface area contributed by atoms with E-state index in [1.54, 1.807) is 6.07 Å². The van der Waals surface area contributed by atoms with E-state index in [4.69, 9.17) is 10.5 Å². The zero-order valence-electron chi connectivity index (χ0n) is 12.4. The summed E-state index contributed by atoms with van der Waals surface area (Å²) in [4.78, 5) is 0. The van der Waals surface area contributed by atoms with E-state index in [-0.39, 0.29) is 5.75 Å². The molecule has 1 unspecified atom stereocenters. The lowest BCUT2D eigenvalue weighted by Gasteiger charge is -2.23. The predicted molar refractivity (Wildman–Crippen MR) is 81.6 cm³/mol. The average molecular weight is 280 g/mol. The highest BCUT2D eigenvalue weighted by molar-refractivity contribution is 5.69. The van der Waals surface area contributed by atoms with Gasteiger partial charge < -0.3 is 15.8 Å². The maximum Gasteiger partial charge on any atom is 0.167 e. The number of nitrogens with two attached hydrogens (primary N) is 1. The maximum atomic E-state index is 13.8. The van der Waals surface area contributed by atoms with Crippen molar-refractivity contribution in [3.05, 3.63) is 17.9 Å². The molecule has 0 radical (unpaired) electrons. The minimum Gasteiger partial charge on any atom is -0.490 e. The van der Waals surface area contributed by atoms with E-state index in [0.29, 0.717) is 24.3 Å². The zero-order chi connectivity index (χ0) is 14.5. The molecule has 1 aromatic carbocycles. The maximum absolute atomic E-state index is 13.8. The summed E-state index contributed by atoms with van der Waals surface area (Å²) in [6.07, 6.45) is 5.98. The molecule has 112 valence electrons. The standard InChI is InChI=1S/C16H25FN2O/c1-3-8-20-16-10-15(14(18)9-13(16)17)19-11(2)12-6-4-5-7-12/h9-12,19H,3-8,18H2,1-2H3. The van der Waals surface area contributed by atoms with Crippen molar-refractivity contribution in [2.45, 2.75) is 52.0 Å². The van der Waals surface area contributed by atoms with Crippen molar-refractivity contribution in [3.8, 4) is 5.75 Å². The number of benzene rings is 1. The molecular formula is C16H25FN2O. The Bertz CT molecular complexity index is 444. The predicted octanol–water partition coefficient (Wildman–Crippen LogP) is 4.19. The van der Waals surface area contributed by atoms with Gasteiger partial charge in [-0.05, 0) is 32.1 Å². The van der Waals surface area contributed by atoms with E-state index in [1.165, 1.54) is 31.7 Å². The third-order valence-corrected chi connectivity index (χ3v) is 4.06. The van der Waals surface area contributed by atoms with Crippen molar-refractivity contribution in [2.24, 2.45) is 5.92 Å². The largest absolute Gasteiger partial charge is 0.490 e. The number of nitrogens with one attached hydrogen (secondary N) is 1. The van der Waals surface area contributed by atoms with Crippen molar-refractivity contribution >= 4 is 11.4 Å². The molecule has 0 spiro atoms. The van der Waals surface area contributed by atoms with Crippen molar-refractivity contribution in [1.29, 1.82) is 0 Å². The third kappa shape index (κ3) is 3.56. The molecule has 0 aliphatic heterocycles. The van der Waals surface area contributed by atoms with Crippen LogP contribution < -0.4 is 15.8 Å². The highest BCUT2D eigenvalue weighted by Crippen LogP contribution is 2.33. The van der Waals surface area contributed by atoms with E-state index in [1.807, 2.05) is 6.92 Å². The lowest BCUT2D eigenvalue weighted by molar-refractivity contribution is 0.301. The molecule has 1 saturated carbocycles. The molecule has 1 aliphatic carbocycles. The van der Waals surface area contributed by atoms with Gasteiger partial charge in [-0.1, -0.05) is 19.8 Å². The number of rotatable bonds is 6. The van der Waals surface area contributed by atoms with Crippen LogP contribution in [0.2, 0.25) is 0 Å². The highest BCUT2D eigenvalue weighted by Gasteiger charge is 2.22. The number of halogens is 1. The Morgan fingerprint density at radius 2 is 2.10 bits per heavy atom. The van der Waals surface area contributed by atoms with Crippen LogP contribution >= 0.6 is 0 Å². The molecule has 1 atom stereocenters. The summed E-state index contributed by atoms with van der Waals surface area (Å²) < 4.78 is 19.2. The second-order valence-electron chi connectivity index (χ2n) is 5.70. The van der Waals surface area contributed by atoms with Gasteiger partial charge in [0.1, 0.15) is 0 Å². The fraction of sp³-hybridized carbons (Fsp3) is 0.625. The van der Waals surface area contributed by atoms with Crippen molar-refractivity contribution < 1.29 is 9.13 Å². The molecule has 0 bridgehead atoms. The van der Waals surface area contributed by atoms with Crippen molar-refractivity contribution in [2.75, 3.05) is 17.7 Å². The van der Waals surface area contributed by atoms with Gasteiger partial charge in [0.15, 0.2) is 11.6 Å². The zero-order valence-corrected chi connectivity index (χ0v) is 12.4. The van der Waals surface area contributed by atoms with E-state index in [2.05, 4.69) is 12.2 Å². The summed E-state index contributed by atoms with van der Waals surface area (Å²) in [6.45, 7) is 4.68. The van der Waals surface area contributed by atoms with Gasteiger partial charge in [0.25, 0.3) is 0 Å². The van der Waals surface area contributed by atoms with Gasteiger partial charge >= 0.3 is 0 Å². The summed E-state index contributed by atoms with van der Waals surface area (Å²) in [5.74, 6) is 0.566. The fourth-order valence-electron chi connectivity index (χ4n) is 2.84. The van der Waals surface area contributed by atoms with Crippen molar-refractivity contribution in [1.82, 2.24) is 0 Å². The molecule has 0 heterocycles. The molecular weight excluding hydrogens is 255 g/mol. The van der Waals surface area contributed by atoms with Crippen LogP contribution in [0.15, 0.2) is 12.1 Å². The van der Waals surface area contributed by atoms with Gasteiger partial charge in [-0.15, -0.1) is 0 Å². The summed E-state index contributed by atoms with van der Waals surface area (Å²) in [5.41, 5.74) is 7.12. The number of hydrogen-bond donors (Lipinski definition) is 2. The Morgan fingerprint density at radius 1 is 1.40 bits per heavy atom. The smallest absolute Gasteiger partial charge is 0.167 e. The van der Waals surface area contributed by atoms with Crippen LogP contribution in [0.1, 0.15) is 46.0 Å². The Hall–Kier alpha value is -1.45. The van der Waals surface area contributed by atoms with Crippen molar-refractivity contribution in [3.63, 3.8) is 0 Å². The summed E-state index contributed by atoms with van der Waals surface area (Å²) in [7, 11) is 0. The minimum absolute atomic E-state index is 0.280. The monoisotopic (exact) mass is 280 g/mol. The van der Waals surface area contributed by atoms with Gasteiger partial charge in [-0.2, -0.15) is 0 Å². The molecule has 20 heavy (non-hydrogen) atoms. The van der Waals surface area contributed by atoms with Crippen LogP contribution in [0.25, 0.3) is 0 Å². The molecule has 3 nitrogen and oxygen atoms in total. The van der Waals surface area contributed by atoms with Gasteiger partial charge in [0, 0.05) is 18.2 Å². The van der Waals surface area contributed by atoms with E-state index in [9.17, 15) is 4.39 Å². The second kappa shape index (κ2) is 6.82. The Kier molecular flexibility index (Phi) is 5.10. The lowest BCUT2D eigenvalue weighted by atomic mass is 9.99. The molecule has 0 aromatic heterocycles. The van der Waals surface area contributed by atoms with E-state index in [0.717, 1.165) is 12.1 Å². The molecule has 0 amide bonds. The Morgan fingerprint density at radius 3 is 2.75 bits per heavy atom. The number of ether oxygens (including phenoxy) is 1. The molecule has 0 saturated heterocycles. The normalized spacial score (nSPS) is 17.1. The Balaban J connectivity index is 2.09. The number of nitrogen functional groups attached to an aromatic ring is 1. The molecule has 1 fully saturated rings. The van der Waals surface area contributed by atoms with E-state index < -0.39 is 5.82 Å². The molecule has 1 aliphatic rings. The number of anilines is 2. The summed E-state index contributed by atoms with van der Waals surface area (Å²) >= 11 is 0. The summed E-state index contributed by atoms with van der Waals surface area (Å²) in [6, 6.07) is 3.38. The first-order valence-corrected chi connectivity index (χ1v) is 7.60. The second-order valence-corrected chi connectivity index (χ2v) is 5.70. The quantitative estimate of drug-likeness (QED) is 0.768. The van der Waals surface area contributed by atoms with Gasteiger partial charge in [0.2, 0.25) is 0 Å². The van der Waals surface area contributed by atoms with Gasteiger partial charge in [-0.25, -0.2) is 4.39 Å². The minimum atomic E-state index is -0.394. The first-order chi connectivity index (χ1) is 9.61. The molecule has 2 rings (SSSR count). The lowest BCUT2D eigenvalue weighted by Crippen LogP contribution is -2.24. The SMILES string of the molecule is CCCOc1cc(NC(C)C2CCCC2)c(N)cc1F. The van der Waals surface area contributed by atoms with Crippen LogP contribution in [-0.4, -0.2) is 12.6 Å². The first-order valence-electron chi connectivity index (χ1n) is 7.60. The number of hydrogen-bond acceptors (Lipinski definition) is 3. The third-order valence-electron chi connectivity index (χ3n) is 4.06.